The fraction of sp³-hybridized carbons (Fsp3) is 0.611. The quantitative estimate of drug-likeness (QED) is 0.850. The molecule has 2 rings (SSSR count). The summed E-state index contributed by atoms with van der Waals surface area (Å²) in [5, 5.41) is 10.4. The number of rotatable bonds is 5. The van der Waals surface area contributed by atoms with Gasteiger partial charge < -0.3 is 14.7 Å². The van der Waals surface area contributed by atoms with Gasteiger partial charge in [0, 0.05) is 6.54 Å². The molecule has 0 aliphatic carbocycles. The zero-order chi connectivity index (χ0) is 16.1. The zero-order valence-corrected chi connectivity index (χ0v) is 13.8. The van der Waals surface area contributed by atoms with Crippen molar-refractivity contribution in [1.29, 1.82) is 0 Å². The lowest BCUT2D eigenvalue weighted by Gasteiger charge is -2.32. The number of aliphatic hydroxyl groups is 1. The van der Waals surface area contributed by atoms with Gasteiger partial charge in [0.2, 0.25) is 0 Å². The normalized spacial score (nSPS) is 18.2. The van der Waals surface area contributed by atoms with Crippen molar-refractivity contribution < 1.29 is 14.6 Å². The average Bonchev–Trinajstić information content (AvgIpc) is 2.47. The molecule has 0 amide bonds. The summed E-state index contributed by atoms with van der Waals surface area (Å²) in [6, 6.07) is 6.20. The van der Waals surface area contributed by atoms with Crippen LogP contribution in [0.1, 0.15) is 42.6 Å². The number of carbonyl (C=O) groups is 1. The van der Waals surface area contributed by atoms with Gasteiger partial charge in [0.25, 0.3) is 0 Å². The van der Waals surface area contributed by atoms with Gasteiger partial charge in [-0.05, 0) is 52.3 Å². The van der Waals surface area contributed by atoms with E-state index < -0.39 is 6.10 Å². The summed E-state index contributed by atoms with van der Waals surface area (Å²) >= 11 is 0. The number of aryl methyl sites for hydroxylation is 2. The van der Waals surface area contributed by atoms with Crippen molar-refractivity contribution in [1.82, 2.24) is 4.90 Å². The summed E-state index contributed by atoms with van der Waals surface area (Å²) in [4.78, 5) is 14.0. The van der Waals surface area contributed by atoms with E-state index in [1.807, 2.05) is 32.9 Å². The highest BCUT2D eigenvalue weighted by Gasteiger charge is 2.27. The molecule has 1 fully saturated rings. The van der Waals surface area contributed by atoms with E-state index in [2.05, 4.69) is 11.0 Å². The number of ether oxygens (including phenoxy) is 1. The van der Waals surface area contributed by atoms with Gasteiger partial charge in [-0.1, -0.05) is 29.3 Å². The monoisotopic (exact) mass is 305 g/mol. The number of hydrogen-bond donors (Lipinski definition) is 1. The van der Waals surface area contributed by atoms with Crippen LogP contribution in [0, 0.1) is 19.8 Å². The van der Waals surface area contributed by atoms with Crippen LogP contribution >= 0.6 is 0 Å². The third-order valence-corrected chi connectivity index (χ3v) is 4.27. The lowest BCUT2D eigenvalue weighted by Crippen LogP contribution is -2.39. The molecule has 4 nitrogen and oxygen atoms in total. The number of aliphatic hydroxyl groups excluding tert-OH is 1. The molecule has 1 N–H and O–H groups in total. The molecular formula is C18H27NO3. The Morgan fingerprint density at radius 3 is 2.41 bits per heavy atom. The lowest BCUT2D eigenvalue weighted by molar-refractivity contribution is -0.149. The second kappa shape index (κ2) is 7.75. The molecule has 1 unspecified atom stereocenters. The first-order chi connectivity index (χ1) is 10.5. The first-order valence-electron chi connectivity index (χ1n) is 8.15. The van der Waals surface area contributed by atoms with Crippen LogP contribution in [0.15, 0.2) is 18.2 Å². The summed E-state index contributed by atoms with van der Waals surface area (Å²) in [6.45, 7) is 8.69. The number of benzene rings is 1. The van der Waals surface area contributed by atoms with E-state index in [1.54, 1.807) is 0 Å². The van der Waals surface area contributed by atoms with E-state index in [0.29, 0.717) is 13.2 Å². The smallest absolute Gasteiger partial charge is 0.309 e. The number of esters is 1. The maximum Gasteiger partial charge on any atom is 0.309 e. The van der Waals surface area contributed by atoms with E-state index in [0.717, 1.165) is 31.5 Å². The minimum atomic E-state index is -0.474. The molecule has 122 valence electrons. The molecule has 4 heteroatoms. The molecule has 1 atom stereocenters. The Morgan fingerprint density at radius 1 is 1.27 bits per heavy atom. The highest BCUT2D eigenvalue weighted by molar-refractivity contribution is 5.72. The van der Waals surface area contributed by atoms with Gasteiger partial charge in [0.1, 0.15) is 0 Å². The van der Waals surface area contributed by atoms with Gasteiger partial charge in [-0.25, -0.2) is 0 Å². The van der Waals surface area contributed by atoms with Crippen molar-refractivity contribution in [3.8, 4) is 0 Å². The van der Waals surface area contributed by atoms with Crippen molar-refractivity contribution >= 4 is 5.97 Å². The number of carbonyl (C=O) groups excluding carboxylic acids is 1. The first kappa shape index (κ1) is 17.0. The second-order valence-electron chi connectivity index (χ2n) is 6.26. The van der Waals surface area contributed by atoms with E-state index in [4.69, 9.17) is 4.74 Å². The van der Waals surface area contributed by atoms with Gasteiger partial charge in [-0.3, -0.25) is 4.79 Å². The maximum absolute atomic E-state index is 11.7. The Labute approximate surface area is 133 Å². The Kier molecular flexibility index (Phi) is 5.98. The average molecular weight is 305 g/mol. The van der Waals surface area contributed by atoms with Crippen molar-refractivity contribution in [2.45, 2.75) is 39.7 Å². The Balaban J connectivity index is 1.86. The Morgan fingerprint density at radius 2 is 1.86 bits per heavy atom. The van der Waals surface area contributed by atoms with Crippen LogP contribution in [0.3, 0.4) is 0 Å². The van der Waals surface area contributed by atoms with Gasteiger partial charge in [-0.15, -0.1) is 0 Å². The topological polar surface area (TPSA) is 49.8 Å². The Bertz CT molecular complexity index is 487. The predicted molar refractivity (Wildman–Crippen MR) is 86.7 cm³/mol. The number of hydrogen-bond acceptors (Lipinski definition) is 4. The molecule has 0 aromatic heterocycles. The molecule has 1 heterocycles. The SMILES string of the molecule is CCOC(=O)C1CCN(CC(O)c2cc(C)cc(C)c2)CC1. The second-order valence-corrected chi connectivity index (χ2v) is 6.26. The standard InChI is InChI=1S/C18H27NO3/c1-4-22-18(21)15-5-7-19(8-6-15)12-17(20)16-10-13(2)9-14(3)11-16/h9-11,15,17,20H,4-8,12H2,1-3H3. The van der Waals surface area contributed by atoms with Crippen LogP contribution < -0.4 is 0 Å². The summed E-state index contributed by atoms with van der Waals surface area (Å²) in [5.41, 5.74) is 3.33. The molecule has 1 aromatic rings. The largest absolute Gasteiger partial charge is 0.466 e. The van der Waals surface area contributed by atoms with E-state index >= 15 is 0 Å². The minimum absolute atomic E-state index is 0.0227. The Hall–Kier alpha value is -1.39. The third kappa shape index (κ3) is 4.55. The maximum atomic E-state index is 11.7. The molecule has 0 radical (unpaired) electrons. The molecule has 1 aromatic carbocycles. The summed E-state index contributed by atoms with van der Waals surface area (Å²) in [6.07, 6.45) is 1.16. The number of β-amino-alcohol motifs (C(OH)–C–C–N with tert-alkyl or cyclic N) is 1. The molecular weight excluding hydrogens is 278 g/mol. The van der Waals surface area contributed by atoms with Crippen LogP contribution in [0.2, 0.25) is 0 Å². The number of nitrogens with zero attached hydrogens (tertiary/aromatic N) is 1. The first-order valence-corrected chi connectivity index (χ1v) is 8.15. The molecule has 22 heavy (non-hydrogen) atoms. The van der Waals surface area contributed by atoms with E-state index in [9.17, 15) is 9.90 Å². The highest BCUT2D eigenvalue weighted by atomic mass is 16.5. The lowest BCUT2D eigenvalue weighted by atomic mass is 9.96. The van der Waals surface area contributed by atoms with Crippen LogP contribution in [0.25, 0.3) is 0 Å². The minimum Gasteiger partial charge on any atom is -0.466 e. The van der Waals surface area contributed by atoms with Gasteiger partial charge in [0.15, 0.2) is 0 Å². The van der Waals surface area contributed by atoms with Crippen LogP contribution in [0.5, 0.6) is 0 Å². The van der Waals surface area contributed by atoms with Crippen LogP contribution in [0.4, 0.5) is 0 Å². The highest BCUT2D eigenvalue weighted by Crippen LogP contribution is 2.23. The van der Waals surface area contributed by atoms with Gasteiger partial charge in [-0.2, -0.15) is 0 Å². The summed E-state index contributed by atoms with van der Waals surface area (Å²) < 4.78 is 5.09. The van der Waals surface area contributed by atoms with E-state index in [1.165, 1.54) is 11.1 Å². The van der Waals surface area contributed by atoms with Crippen molar-refractivity contribution in [2.24, 2.45) is 5.92 Å². The van der Waals surface area contributed by atoms with Crippen molar-refractivity contribution in [3.05, 3.63) is 34.9 Å². The van der Waals surface area contributed by atoms with Crippen molar-refractivity contribution in [3.63, 3.8) is 0 Å². The third-order valence-electron chi connectivity index (χ3n) is 4.27. The molecule has 1 aliphatic rings. The number of likely N-dealkylation sites (tertiary alicyclic amines) is 1. The molecule has 1 saturated heterocycles. The molecule has 1 aliphatic heterocycles. The van der Waals surface area contributed by atoms with Crippen LogP contribution in [-0.4, -0.2) is 42.2 Å². The van der Waals surface area contributed by atoms with Gasteiger partial charge >= 0.3 is 5.97 Å². The predicted octanol–water partition coefficient (Wildman–Crippen LogP) is 2.61. The number of piperidine rings is 1. The summed E-state index contributed by atoms with van der Waals surface area (Å²) in [5.74, 6) is -0.0495. The molecule has 0 saturated carbocycles. The van der Waals surface area contributed by atoms with Crippen LogP contribution in [-0.2, 0) is 9.53 Å². The summed E-state index contributed by atoms with van der Waals surface area (Å²) in [7, 11) is 0. The fourth-order valence-corrected chi connectivity index (χ4v) is 3.16. The van der Waals surface area contributed by atoms with Crippen molar-refractivity contribution in [2.75, 3.05) is 26.2 Å². The molecule has 0 bridgehead atoms. The molecule has 0 spiro atoms. The fourth-order valence-electron chi connectivity index (χ4n) is 3.16. The van der Waals surface area contributed by atoms with E-state index in [-0.39, 0.29) is 11.9 Å². The van der Waals surface area contributed by atoms with Gasteiger partial charge in [0.05, 0.1) is 18.6 Å². The zero-order valence-electron chi connectivity index (χ0n) is 13.8.